The summed E-state index contributed by atoms with van der Waals surface area (Å²) in [6.07, 6.45) is 6.77. The molecule has 4 heteroatoms. The molecule has 3 aromatic rings. The second-order valence-electron chi connectivity index (χ2n) is 5.79. The van der Waals surface area contributed by atoms with Crippen molar-refractivity contribution < 1.29 is 5.11 Å². The summed E-state index contributed by atoms with van der Waals surface area (Å²) in [5.41, 5.74) is 3.77. The van der Waals surface area contributed by atoms with Crippen molar-refractivity contribution in [1.82, 2.24) is 9.55 Å². The number of aromatic nitrogens is 2. The molecule has 0 radical (unpaired) electrons. The Labute approximate surface area is 138 Å². The first-order valence-corrected chi connectivity index (χ1v) is 8.23. The zero-order valence-corrected chi connectivity index (χ0v) is 14.1. The van der Waals surface area contributed by atoms with Gasteiger partial charge in [0, 0.05) is 47.1 Å². The highest BCUT2D eigenvalue weighted by atomic mass is 79.9. The predicted molar refractivity (Wildman–Crippen MR) is 92.9 cm³/mol. The summed E-state index contributed by atoms with van der Waals surface area (Å²) in [6.45, 7) is 3.08. The van der Waals surface area contributed by atoms with Gasteiger partial charge in [-0.1, -0.05) is 28.9 Å². The van der Waals surface area contributed by atoms with Crippen molar-refractivity contribution in [3.63, 3.8) is 0 Å². The van der Waals surface area contributed by atoms with E-state index in [4.69, 9.17) is 0 Å². The molecular weight excluding hydrogens is 340 g/mol. The largest absolute Gasteiger partial charge is 0.396 e. The van der Waals surface area contributed by atoms with Crippen LogP contribution < -0.4 is 0 Å². The molecule has 0 unspecified atom stereocenters. The third-order valence-corrected chi connectivity index (χ3v) is 4.38. The Bertz CT molecular complexity index is 767. The third-order valence-electron chi connectivity index (χ3n) is 3.89. The van der Waals surface area contributed by atoms with Gasteiger partial charge in [0.1, 0.15) is 0 Å². The molecule has 3 rings (SSSR count). The van der Waals surface area contributed by atoms with Crippen LogP contribution in [0, 0.1) is 5.92 Å². The molecular formula is C18H19BrN2O. The monoisotopic (exact) mass is 358 g/mol. The molecule has 0 aliphatic carbocycles. The van der Waals surface area contributed by atoms with Gasteiger partial charge in [0.15, 0.2) is 0 Å². The molecule has 1 N–H and O–H groups in total. The first-order valence-electron chi connectivity index (χ1n) is 7.44. The summed E-state index contributed by atoms with van der Waals surface area (Å²) in [7, 11) is 0. The van der Waals surface area contributed by atoms with Gasteiger partial charge in [0.2, 0.25) is 0 Å². The molecule has 0 bridgehead atoms. The van der Waals surface area contributed by atoms with Gasteiger partial charge in [-0.25, -0.2) is 0 Å². The van der Waals surface area contributed by atoms with Crippen molar-refractivity contribution in [3.05, 3.63) is 64.5 Å². The molecule has 0 fully saturated rings. The Hall–Kier alpha value is -1.65. The van der Waals surface area contributed by atoms with E-state index in [2.05, 4.69) is 68.9 Å². The van der Waals surface area contributed by atoms with E-state index >= 15 is 0 Å². The van der Waals surface area contributed by atoms with Gasteiger partial charge in [-0.15, -0.1) is 0 Å². The Kier molecular flexibility index (Phi) is 4.60. The zero-order chi connectivity index (χ0) is 15.5. The Morgan fingerprint density at radius 1 is 1.23 bits per heavy atom. The first kappa shape index (κ1) is 15.3. The van der Waals surface area contributed by atoms with Gasteiger partial charge in [-0.2, -0.15) is 0 Å². The van der Waals surface area contributed by atoms with Gasteiger partial charge < -0.3 is 9.67 Å². The highest BCUT2D eigenvalue weighted by Crippen LogP contribution is 2.27. The lowest BCUT2D eigenvalue weighted by atomic mass is 10.1. The maximum atomic E-state index is 9.34. The second kappa shape index (κ2) is 6.63. The minimum atomic E-state index is 0.202. The summed E-state index contributed by atoms with van der Waals surface area (Å²) in [6, 6.07) is 10.5. The van der Waals surface area contributed by atoms with E-state index in [1.54, 1.807) is 0 Å². The molecule has 1 atom stereocenters. The Morgan fingerprint density at radius 3 is 2.73 bits per heavy atom. The standard InChI is InChI=1S/C18H19BrN2O/c1-13(12-22)10-21-11-15(8-14-4-6-20-7-5-14)17-3-2-16(19)9-18(17)21/h2-7,9,11,13,22H,8,10,12H2,1H3/t13-/m0/s1. The summed E-state index contributed by atoms with van der Waals surface area (Å²) in [4.78, 5) is 4.08. The van der Waals surface area contributed by atoms with Crippen molar-refractivity contribution in [2.75, 3.05) is 6.61 Å². The number of benzene rings is 1. The van der Waals surface area contributed by atoms with Crippen LogP contribution in [0.5, 0.6) is 0 Å². The molecule has 1 aromatic carbocycles. The number of hydrogen-bond acceptors (Lipinski definition) is 2. The topological polar surface area (TPSA) is 38.0 Å². The van der Waals surface area contributed by atoms with Gasteiger partial charge in [0.05, 0.1) is 0 Å². The van der Waals surface area contributed by atoms with E-state index in [9.17, 15) is 5.11 Å². The normalized spacial score (nSPS) is 12.7. The molecule has 0 saturated heterocycles. The molecule has 2 aromatic heterocycles. The number of fused-ring (bicyclic) bond motifs is 1. The lowest BCUT2D eigenvalue weighted by molar-refractivity contribution is 0.224. The molecule has 114 valence electrons. The molecule has 0 amide bonds. The van der Waals surface area contributed by atoms with Crippen molar-refractivity contribution in [2.45, 2.75) is 19.9 Å². The molecule has 2 heterocycles. The fourth-order valence-electron chi connectivity index (χ4n) is 2.75. The van der Waals surface area contributed by atoms with Crippen LogP contribution in [0.25, 0.3) is 10.9 Å². The molecule has 22 heavy (non-hydrogen) atoms. The van der Waals surface area contributed by atoms with Crippen LogP contribution in [0.2, 0.25) is 0 Å². The lowest BCUT2D eigenvalue weighted by Crippen LogP contribution is -2.10. The average Bonchev–Trinajstić information content (AvgIpc) is 2.85. The van der Waals surface area contributed by atoms with Gasteiger partial charge in [-0.3, -0.25) is 4.98 Å². The van der Waals surface area contributed by atoms with Crippen LogP contribution in [-0.4, -0.2) is 21.3 Å². The van der Waals surface area contributed by atoms with Crippen molar-refractivity contribution in [2.24, 2.45) is 5.92 Å². The van der Waals surface area contributed by atoms with Crippen molar-refractivity contribution >= 4 is 26.8 Å². The summed E-state index contributed by atoms with van der Waals surface area (Å²) in [5, 5.41) is 10.6. The SMILES string of the molecule is C[C@H](CO)Cn1cc(Cc2ccncc2)c2ccc(Br)cc21. The van der Waals surface area contributed by atoms with E-state index < -0.39 is 0 Å². The number of nitrogens with zero attached hydrogens (tertiary/aromatic N) is 2. The first-order chi connectivity index (χ1) is 10.7. The number of rotatable bonds is 5. The minimum absolute atomic E-state index is 0.202. The fraction of sp³-hybridized carbons (Fsp3) is 0.278. The van der Waals surface area contributed by atoms with Gasteiger partial charge in [0.25, 0.3) is 0 Å². The Balaban J connectivity index is 2.03. The van der Waals surface area contributed by atoms with Crippen LogP contribution in [0.4, 0.5) is 0 Å². The maximum Gasteiger partial charge on any atom is 0.0494 e. The number of aliphatic hydroxyl groups excluding tert-OH is 1. The number of pyridine rings is 1. The zero-order valence-electron chi connectivity index (χ0n) is 12.5. The lowest BCUT2D eigenvalue weighted by Gasteiger charge is -2.10. The summed E-state index contributed by atoms with van der Waals surface area (Å²) >= 11 is 3.55. The number of halogens is 1. The highest BCUT2D eigenvalue weighted by Gasteiger charge is 2.11. The van der Waals surface area contributed by atoms with Gasteiger partial charge in [-0.05, 0) is 47.7 Å². The third kappa shape index (κ3) is 3.23. The van der Waals surface area contributed by atoms with E-state index in [-0.39, 0.29) is 12.5 Å². The van der Waals surface area contributed by atoms with E-state index in [0.29, 0.717) is 0 Å². The van der Waals surface area contributed by atoms with Crippen molar-refractivity contribution in [1.29, 1.82) is 0 Å². The van der Waals surface area contributed by atoms with Crippen molar-refractivity contribution in [3.8, 4) is 0 Å². The number of aliphatic hydroxyl groups is 1. The fourth-order valence-corrected chi connectivity index (χ4v) is 3.10. The van der Waals surface area contributed by atoms with E-state index in [0.717, 1.165) is 17.4 Å². The van der Waals surface area contributed by atoms with Crippen LogP contribution >= 0.6 is 15.9 Å². The smallest absolute Gasteiger partial charge is 0.0494 e. The molecule has 3 nitrogen and oxygen atoms in total. The quantitative estimate of drug-likeness (QED) is 0.747. The molecule has 0 spiro atoms. The molecule has 0 aliphatic rings. The van der Waals surface area contributed by atoms with Crippen LogP contribution in [0.15, 0.2) is 53.4 Å². The van der Waals surface area contributed by atoms with E-state index in [1.807, 2.05) is 12.4 Å². The molecule has 0 saturated carbocycles. The Morgan fingerprint density at radius 2 is 2.00 bits per heavy atom. The predicted octanol–water partition coefficient (Wildman–Crippen LogP) is 4.02. The van der Waals surface area contributed by atoms with Crippen LogP contribution in [-0.2, 0) is 13.0 Å². The second-order valence-corrected chi connectivity index (χ2v) is 6.70. The van der Waals surface area contributed by atoms with Crippen LogP contribution in [0.3, 0.4) is 0 Å². The average molecular weight is 359 g/mol. The number of hydrogen-bond donors (Lipinski definition) is 1. The maximum absolute atomic E-state index is 9.34. The van der Waals surface area contributed by atoms with Gasteiger partial charge >= 0.3 is 0 Å². The molecule has 0 aliphatic heterocycles. The highest BCUT2D eigenvalue weighted by molar-refractivity contribution is 9.10. The summed E-state index contributed by atoms with van der Waals surface area (Å²) < 4.78 is 3.32. The minimum Gasteiger partial charge on any atom is -0.396 e. The summed E-state index contributed by atoms with van der Waals surface area (Å²) in [5.74, 6) is 0.239. The van der Waals surface area contributed by atoms with E-state index in [1.165, 1.54) is 22.0 Å². The van der Waals surface area contributed by atoms with Crippen LogP contribution in [0.1, 0.15) is 18.1 Å².